The number of phenols is 2. The van der Waals surface area contributed by atoms with Gasteiger partial charge < -0.3 is 50.1 Å². The zero-order valence-corrected chi connectivity index (χ0v) is 27.7. The van der Waals surface area contributed by atoms with Gasteiger partial charge in [0.05, 0.1) is 25.2 Å². The molecule has 4 aromatic carbocycles. The van der Waals surface area contributed by atoms with Crippen LogP contribution in [0.2, 0.25) is 0 Å². The van der Waals surface area contributed by atoms with Gasteiger partial charge >= 0.3 is 0 Å². The summed E-state index contributed by atoms with van der Waals surface area (Å²) in [6.45, 7) is 3.48. The van der Waals surface area contributed by atoms with Crippen molar-refractivity contribution in [3.63, 3.8) is 0 Å². The van der Waals surface area contributed by atoms with Crippen LogP contribution in [0.1, 0.15) is 47.9 Å². The number of rotatable bonds is 16. The number of hydrogen-bond donors (Lipinski definition) is 4. The van der Waals surface area contributed by atoms with Gasteiger partial charge in [0.15, 0.2) is 0 Å². The fourth-order valence-electron chi connectivity index (χ4n) is 4.48. The van der Waals surface area contributed by atoms with Gasteiger partial charge in [-0.05, 0) is 99.4 Å². The minimum absolute atomic E-state index is 0.335. The highest BCUT2D eigenvalue weighted by Crippen LogP contribution is 2.27. The molecule has 0 aromatic heterocycles. The summed E-state index contributed by atoms with van der Waals surface area (Å²) >= 11 is 0. The first-order valence-electron chi connectivity index (χ1n) is 15.9. The Kier molecular flexibility index (Phi) is 19.0. The summed E-state index contributed by atoms with van der Waals surface area (Å²) in [6, 6.07) is 30.9. The molecule has 10 heteroatoms. The van der Waals surface area contributed by atoms with Crippen molar-refractivity contribution < 1.29 is 39.5 Å². The molecule has 4 aromatic rings. The number of ether oxygens (including phenoxy) is 2. The number of nitrogens with one attached hydrogen (secondary N) is 2. The van der Waals surface area contributed by atoms with Gasteiger partial charge in [-0.1, -0.05) is 72.8 Å². The summed E-state index contributed by atoms with van der Waals surface area (Å²) in [5.74, 6) is -1.89. The molecule has 0 radical (unpaired) electrons. The zero-order valence-electron chi connectivity index (χ0n) is 27.7. The number of para-hydroxylation sites is 4. The van der Waals surface area contributed by atoms with E-state index in [2.05, 4.69) is 22.8 Å². The Morgan fingerprint density at radius 2 is 0.875 bits per heavy atom. The third-order valence-corrected chi connectivity index (χ3v) is 7.01. The van der Waals surface area contributed by atoms with Crippen molar-refractivity contribution in [2.75, 3.05) is 40.4 Å². The molecule has 0 bridgehead atoms. The van der Waals surface area contributed by atoms with E-state index in [-0.39, 0.29) is 0 Å². The van der Waals surface area contributed by atoms with Gasteiger partial charge in [-0.2, -0.15) is 0 Å². The molecule has 10 nitrogen and oxygen atoms in total. The number of aromatic hydroxyl groups is 2. The van der Waals surface area contributed by atoms with Crippen LogP contribution in [0.25, 0.3) is 0 Å². The molecule has 4 rings (SSSR count). The number of carbonyl (C=O) groups is 2. The van der Waals surface area contributed by atoms with Crippen LogP contribution in [0.4, 0.5) is 0 Å². The smallest absolute Gasteiger partial charge is 0.122 e. The zero-order chi connectivity index (χ0) is 35.0. The highest BCUT2D eigenvalue weighted by atomic mass is 16.5. The lowest BCUT2D eigenvalue weighted by atomic mass is 10.0. The minimum Gasteiger partial charge on any atom is -0.543 e. The van der Waals surface area contributed by atoms with Gasteiger partial charge in [-0.25, -0.2) is 0 Å². The van der Waals surface area contributed by atoms with E-state index in [4.69, 9.17) is 29.3 Å². The second-order valence-electron chi connectivity index (χ2n) is 10.7. The number of aliphatic carboxylic acids is 2. The molecule has 0 amide bonds. The van der Waals surface area contributed by atoms with Gasteiger partial charge in [0.25, 0.3) is 0 Å². The molecule has 0 saturated carbocycles. The van der Waals surface area contributed by atoms with E-state index < -0.39 is 11.9 Å². The number of benzene rings is 4. The lowest BCUT2D eigenvalue weighted by Crippen LogP contribution is -2.42. The predicted molar refractivity (Wildman–Crippen MR) is 182 cm³/mol. The van der Waals surface area contributed by atoms with Crippen molar-refractivity contribution in [3.05, 3.63) is 119 Å². The Bertz CT molecular complexity index is 1400. The van der Waals surface area contributed by atoms with E-state index in [0.29, 0.717) is 24.3 Å². The third-order valence-electron chi connectivity index (χ3n) is 7.01. The van der Waals surface area contributed by atoms with E-state index in [0.717, 1.165) is 85.7 Å². The van der Waals surface area contributed by atoms with Gasteiger partial charge in [-0.3, -0.25) is 0 Å². The molecule has 0 aliphatic rings. The van der Waals surface area contributed by atoms with Crippen LogP contribution in [0.3, 0.4) is 0 Å². The Hall–Kier alpha value is -5.06. The second kappa shape index (κ2) is 23.3. The number of hydrogen-bond acceptors (Lipinski definition) is 10. The fraction of sp³-hybridized carbons (Fsp3) is 0.316. The van der Waals surface area contributed by atoms with E-state index in [1.165, 1.54) is 0 Å². The van der Waals surface area contributed by atoms with E-state index in [1.54, 1.807) is 12.1 Å². The molecule has 0 fully saturated rings. The van der Waals surface area contributed by atoms with E-state index >= 15 is 0 Å². The largest absolute Gasteiger partial charge is 0.543 e. The van der Waals surface area contributed by atoms with Crippen LogP contribution in [-0.2, 0) is 22.4 Å². The number of unbranched alkanes of at least 4 members (excludes halogenated alkanes) is 2. The first-order chi connectivity index (χ1) is 23.3. The van der Waals surface area contributed by atoms with Crippen molar-refractivity contribution in [3.8, 4) is 23.0 Å². The molecule has 0 heterocycles. The van der Waals surface area contributed by atoms with Gasteiger partial charge in [0.1, 0.15) is 23.0 Å². The summed E-state index contributed by atoms with van der Waals surface area (Å²) in [6.07, 6.45) is 5.65. The summed E-state index contributed by atoms with van der Waals surface area (Å²) in [5.41, 5.74) is 4.05. The van der Waals surface area contributed by atoms with Crippen LogP contribution in [0.5, 0.6) is 23.0 Å². The Morgan fingerprint density at radius 3 is 1.21 bits per heavy atom. The molecule has 48 heavy (non-hydrogen) atoms. The van der Waals surface area contributed by atoms with Crippen LogP contribution in [0.15, 0.2) is 97.1 Å². The van der Waals surface area contributed by atoms with Crippen molar-refractivity contribution in [2.45, 2.75) is 38.5 Å². The topological polar surface area (TPSA) is 163 Å². The molecule has 4 N–H and O–H groups in total. The highest BCUT2D eigenvalue weighted by Gasteiger charge is 2.08. The highest BCUT2D eigenvalue weighted by molar-refractivity contribution is 6.25. The molecular formula is C38H46N2O8-2. The lowest BCUT2D eigenvalue weighted by molar-refractivity contribution is -0.345. The van der Waals surface area contributed by atoms with Crippen LogP contribution in [-0.4, -0.2) is 62.6 Å². The summed E-state index contributed by atoms with van der Waals surface area (Å²) in [4.78, 5) is 17.9. The quantitative estimate of drug-likeness (QED) is 0.104. The monoisotopic (exact) mass is 658 g/mol. The average Bonchev–Trinajstić information content (AvgIpc) is 3.08. The maximum atomic E-state index is 9.89. The number of phenolic OH excluding ortho intramolecular Hbond substituents is 2. The second-order valence-corrected chi connectivity index (χ2v) is 10.7. The predicted octanol–water partition coefficient (Wildman–Crippen LogP) is 3.21. The molecule has 0 saturated heterocycles. The standard InChI is InChI=1S/2C18H23NO2.C2H2O4/c2*1-19-12-6-7-13-21-18-11-5-3-9-16(18)14-15-8-2-4-10-17(15)20;3-1(4)2(5)6/h2*2-5,8-11,19-20H,6-7,12-14H2,1H3;(H,3,4)(H,5,6)/p-2. The van der Waals surface area contributed by atoms with Crippen molar-refractivity contribution in [1.82, 2.24) is 10.6 Å². The van der Waals surface area contributed by atoms with E-state index in [9.17, 15) is 10.2 Å². The summed E-state index contributed by atoms with van der Waals surface area (Å²) in [7, 11) is 3.92. The van der Waals surface area contributed by atoms with Gasteiger partial charge in [0, 0.05) is 12.8 Å². The molecule has 0 atom stereocenters. The summed E-state index contributed by atoms with van der Waals surface area (Å²) in [5, 5.41) is 43.9. The number of carboxylic acid groups (broad SMARTS) is 2. The average molecular weight is 659 g/mol. The number of carbonyl (C=O) groups excluding carboxylic acids is 2. The maximum absolute atomic E-state index is 9.89. The first kappa shape index (κ1) is 39.1. The Balaban J connectivity index is 0.000000286. The van der Waals surface area contributed by atoms with Crippen molar-refractivity contribution >= 4 is 11.9 Å². The van der Waals surface area contributed by atoms with E-state index in [1.807, 2.05) is 86.9 Å². The Labute approximate surface area is 283 Å². The molecule has 258 valence electrons. The molecule has 0 unspecified atom stereocenters. The lowest BCUT2D eigenvalue weighted by Gasteiger charge is -2.12. The van der Waals surface area contributed by atoms with Gasteiger partial charge in [0.2, 0.25) is 0 Å². The molecular weight excluding hydrogens is 612 g/mol. The van der Waals surface area contributed by atoms with Crippen molar-refractivity contribution in [1.29, 1.82) is 0 Å². The molecule has 0 aliphatic carbocycles. The Morgan fingerprint density at radius 1 is 0.542 bits per heavy atom. The minimum atomic E-state index is -2.19. The fourth-order valence-corrected chi connectivity index (χ4v) is 4.48. The van der Waals surface area contributed by atoms with Crippen LogP contribution in [0, 0.1) is 0 Å². The van der Waals surface area contributed by atoms with Crippen LogP contribution >= 0.6 is 0 Å². The maximum Gasteiger partial charge on any atom is 0.122 e. The third kappa shape index (κ3) is 15.5. The van der Waals surface area contributed by atoms with Crippen molar-refractivity contribution in [2.24, 2.45) is 0 Å². The first-order valence-corrected chi connectivity index (χ1v) is 15.9. The van der Waals surface area contributed by atoms with Gasteiger partial charge in [-0.15, -0.1) is 0 Å². The molecule has 0 aliphatic heterocycles. The summed E-state index contributed by atoms with van der Waals surface area (Å²) < 4.78 is 11.8. The SMILES string of the molecule is CNCCCCOc1ccccc1Cc1ccccc1O.CNCCCCOc1ccccc1Cc1ccccc1O.O=C([O-])C(=O)[O-]. The number of carboxylic acids is 2. The van der Waals surface area contributed by atoms with Crippen LogP contribution < -0.4 is 30.3 Å². The molecule has 0 spiro atoms. The normalized spacial score (nSPS) is 10.1.